The third-order valence-electron chi connectivity index (χ3n) is 5.94. The van der Waals surface area contributed by atoms with Crippen LogP contribution >= 0.6 is 0 Å². The van der Waals surface area contributed by atoms with Gasteiger partial charge in [-0.3, -0.25) is 9.59 Å². The molecule has 1 saturated heterocycles. The van der Waals surface area contributed by atoms with Gasteiger partial charge in [0.1, 0.15) is 11.5 Å². The number of hydrogen-bond acceptors (Lipinski definition) is 4. The van der Waals surface area contributed by atoms with Crippen molar-refractivity contribution >= 4 is 11.8 Å². The van der Waals surface area contributed by atoms with Crippen LogP contribution < -0.4 is 14.8 Å². The van der Waals surface area contributed by atoms with E-state index in [0.29, 0.717) is 13.1 Å². The zero-order chi connectivity index (χ0) is 20.3. The van der Waals surface area contributed by atoms with Crippen molar-refractivity contribution in [3.63, 3.8) is 0 Å². The standard InChI is InChI=1S/C22H32N2O4/c1-14(2)23-21(25)19-13-24(22(26)15-7-5-6-8-15)12-18(19)17-11-16(27-3)9-10-20(17)28-4/h9-11,14-15,18-19H,5-8,12-13H2,1-4H3,(H,23,25)/t18-,19-/m1/s1. The molecule has 0 radical (unpaired) electrons. The molecule has 3 rings (SSSR count). The van der Waals surface area contributed by atoms with E-state index in [9.17, 15) is 9.59 Å². The Hall–Kier alpha value is -2.24. The third-order valence-corrected chi connectivity index (χ3v) is 5.94. The van der Waals surface area contributed by atoms with Gasteiger partial charge >= 0.3 is 0 Å². The average Bonchev–Trinajstić information content (AvgIpc) is 3.36. The fraction of sp³-hybridized carbons (Fsp3) is 0.636. The van der Waals surface area contributed by atoms with Gasteiger partial charge in [0.25, 0.3) is 0 Å². The lowest BCUT2D eigenvalue weighted by Crippen LogP contribution is -2.39. The normalized spacial score (nSPS) is 22.5. The van der Waals surface area contributed by atoms with Gasteiger partial charge in [-0.15, -0.1) is 0 Å². The highest BCUT2D eigenvalue weighted by Crippen LogP contribution is 2.40. The zero-order valence-electron chi connectivity index (χ0n) is 17.4. The predicted molar refractivity (Wildman–Crippen MR) is 108 cm³/mol. The molecule has 1 N–H and O–H groups in total. The number of likely N-dealkylation sites (tertiary alicyclic amines) is 1. The van der Waals surface area contributed by atoms with Crippen molar-refractivity contribution in [1.82, 2.24) is 10.2 Å². The lowest BCUT2D eigenvalue weighted by Gasteiger charge is -2.22. The fourth-order valence-electron chi connectivity index (χ4n) is 4.52. The topological polar surface area (TPSA) is 67.9 Å². The Labute approximate surface area is 167 Å². The number of nitrogens with one attached hydrogen (secondary N) is 1. The molecule has 1 saturated carbocycles. The maximum Gasteiger partial charge on any atom is 0.225 e. The zero-order valence-corrected chi connectivity index (χ0v) is 17.4. The van der Waals surface area contributed by atoms with E-state index in [1.54, 1.807) is 14.2 Å². The van der Waals surface area contributed by atoms with E-state index >= 15 is 0 Å². The van der Waals surface area contributed by atoms with Crippen LogP contribution in [-0.4, -0.2) is 50.1 Å². The molecule has 2 aliphatic rings. The van der Waals surface area contributed by atoms with E-state index in [1.807, 2.05) is 36.9 Å². The number of hydrogen-bond donors (Lipinski definition) is 1. The smallest absolute Gasteiger partial charge is 0.225 e. The van der Waals surface area contributed by atoms with Crippen molar-refractivity contribution in [2.45, 2.75) is 51.5 Å². The number of amides is 2. The molecule has 154 valence electrons. The Morgan fingerprint density at radius 1 is 1.11 bits per heavy atom. The highest BCUT2D eigenvalue weighted by molar-refractivity contribution is 5.84. The molecule has 0 aromatic heterocycles. The second-order valence-electron chi connectivity index (χ2n) is 8.21. The van der Waals surface area contributed by atoms with Crippen LogP contribution in [0.2, 0.25) is 0 Å². The second kappa shape index (κ2) is 8.84. The summed E-state index contributed by atoms with van der Waals surface area (Å²) in [5.74, 6) is 1.33. The highest BCUT2D eigenvalue weighted by atomic mass is 16.5. The summed E-state index contributed by atoms with van der Waals surface area (Å²) in [6.45, 7) is 4.90. The predicted octanol–water partition coefficient (Wildman–Crippen LogP) is 2.96. The molecule has 0 spiro atoms. The van der Waals surface area contributed by atoms with E-state index < -0.39 is 0 Å². The molecule has 2 fully saturated rings. The summed E-state index contributed by atoms with van der Waals surface area (Å²) in [6.07, 6.45) is 4.17. The van der Waals surface area contributed by atoms with E-state index in [-0.39, 0.29) is 35.6 Å². The summed E-state index contributed by atoms with van der Waals surface area (Å²) < 4.78 is 11.0. The number of carbonyl (C=O) groups is 2. The van der Waals surface area contributed by atoms with Gasteiger partial charge in [-0.25, -0.2) is 0 Å². The van der Waals surface area contributed by atoms with Gasteiger partial charge in [-0.05, 0) is 44.9 Å². The van der Waals surface area contributed by atoms with Crippen LogP contribution in [0.15, 0.2) is 18.2 Å². The Morgan fingerprint density at radius 3 is 2.43 bits per heavy atom. The van der Waals surface area contributed by atoms with Crippen molar-refractivity contribution in [2.24, 2.45) is 11.8 Å². The van der Waals surface area contributed by atoms with Gasteiger partial charge < -0.3 is 19.7 Å². The van der Waals surface area contributed by atoms with Crippen LogP contribution in [0.3, 0.4) is 0 Å². The van der Waals surface area contributed by atoms with Crippen LogP contribution in [0.25, 0.3) is 0 Å². The molecule has 28 heavy (non-hydrogen) atoms. The monoisotopic (exact) mass is 388 g/mol. The highest BCUT2D eigenvalue weighted by Gasteiger charge is 2.43. The molecule has 1 aromatic rings. The van der Waals surface area contributed by atoms with Gasteiger partial charge in [-0.2, -0.15) is 0 Å². The molecule has 6 nitrogen and oxygen atoms in total. The lowest BCUT2D eigenvalue weighted by molar-refractivity contribution is -0.134. The van der Waals surface area contributed by atoms with Crippen molar-refractivity contribution in [3.05, 3.63) is 23.8 Å². The first-order valence-corrected chi connectivity index (χ1v) is 10.3. The summed E-state index contributed by atoms with van der Waals surface area (Å²) in [4.78, 5) is 27.9. The average molecular weight is 389 g/mol. The van der Waals surface area contributed by atoms with Crippen LogP contribution in [-0.2, 0) is 9.59 Å². The Balaban J connectivity index is 1.91. The first-order chi connectivity index (χ1) is 13.4. The van der Waals surface area contributed by atoms with E-state index in [2.05, 4.69) is 5.32 Å². The maximum absolute atomic E-state index is 13.0. The molecule has 2 amide bonds. The molecule has 1 heterocycles. The molecule has 6 heteroatoms. The molecule has 1 aromatic carbocycles. The Morgan fingerprint density at radius 2 is 1.82 bits per heavy atom. The maximum atomic E-state index is 13.0. The second-order valence-corrected chi connectivity index (χ2v) is 8.21. The Kier molecular flexibility index (Phi) is 6.47. The summed E-state index contributed by atoms with van der Waals surface area (Å²) in [6, 6.07) is 5.71. The van der Waals surface area contributed by atoms with E-state index in [0.717, 1.165) is 42.7 Å². The molecular weight excluding hydrogens is 356 g/mol. The number of rotatable bonds is 6. The quantitative estimate of drug-likeness (QED) is 0.814. The van der Waals surface area contributed by atoms with Crippen molar-refractivity contribution in [3.8, 4) is 11.5 Å². The van der Waals surface area contributed by atoms with Crippen LogP contribution in [0, 0.1) is 11.8 Å². The molecule has 2 atom stereocenters. The summed E-state index contributed by atoms with van der Waals surface area (Å²) in [7, 11) is 3.25. The summed E-state index contributed by atoms with van der Waals surface area (Å²) in [5.41, 5.74) is 0.924. The summed E-state index contributed by atoms with van der Waals surface area (Å²) >= 11 is 0. The molecule has 1 aliphatic carbocycles. The van der Waals surface area contributed by atoms with Gasteiger partial charge in [0, 0.05) is 36.5 Å². The SMILES string of the molecule is COc1ccc(OC)c([C@H]2CN(C(=O)C3CCCC3)C[C@H]2C(=O)NC(C)C)c1. The number of methoxy groups -OCH3 is 2. The van der Waals surface area contributed by atoms with E-state index in [1.165, 1.54) is 0 Å². The van der Waals surface area contributed by atoms with Crippen LogP contribution in [0.4, 0.5) is 0 Å². The summed E-state index contributed by atoms with van der Waals surface area (Å²) in [5, 5.41) is 3.03. The van der Waals surface area contributed by atoms with Gasteiger partial charge in [0.2, 0.25) is 11.8 Å². The van der Waals surface area contributed by atoms with Crippen molar-refractivity contribution < 1.29 is 19.1 Å². The van der Waals surface area contributed by atoms with Crippen LogP contribution in [0.5, 0.6) is 11.5 Å². The lowest BCUT2D eigenvalue weighted by atomic mass is 9.87. The minimum absolute atomic E-state index is 0.00778. The minimum Gasteiger partial charge on any atom is -0.497 e. The minimum atomic E-state index is -0.297. The molecular formula is C22H32N2O4. The molecule has 0 bridgehead atoms. The third kappa shape index (κ3) is 4.26. The van der Waals surface area contributed by atoms with Crippen LogP contribution in [0.1, 0.15) is 51.0 Å². The van der Waals surface area contributed by atoms with Crippen molar-refractivity contribution in [2.75, 3.05) is 27.3 Å². The fourth-order valence-corrected chi connectivity index (χ4v) is 4.52. The largest absolute Gasteiger partial charge is 0.497 e. The van der Waals surface area contributed by atoms with Gasteiger partial charge in [0.15, 0.2) is 0 Å². The molecule has 0 unspecified atom stereocenters. The van der Waals surface area contributed by atoms with Crippen molar-refractivity contribution in [1.29, 1.82) is 0 Å². The molecule has 1 aliphatic heterocycles. The van der Waals surface area contributed by atoms with E-state index in [4.69, 9.17) is 9.47 Å². The first-order valence-electron chi connectivity index (χ1n) is 10.3. The van der Waals surface area contributed by atoms with Gasteiger partial charge in [-0.1, -0.05) is 12.8 Å². The Bertz CT molecular complexity index is 712. The van der Waals surface area contributed by atoms with Gasteiger partial charge in [0.05, 0.1) is 20.1 Å². The first kappa shape index (κ1) is 20.5. The number of ether oxygens (including phenoxy) is 2. The number of benzene rings is 1. The number of carbonyl (C=O) groups excluding carboxylic acids is 2. The number of nitrogens with zero attached hydrogens (tertiary/aromatic N) is 1.